The lowest BCUT2D eigenvalue weighted by atomic mass is 10.2. The van der Waals surface area contributed by atoms with Gasteiger partial charge in [0.25, 0.3) is 15.9 Å². The van der Waals surface area contributed by atoms with Gasteiger partial charge in [-0.05, 0) is 73.1 Å². The van der Waals surface area contributed by atoms with E-state index >= 15 is 0 Å². The maximum atomic E-state index is 13.0. The fraction of sp³-hybridized carbons (Fsp3) is 0.333. The maximum absolute atomic E-state index is 13.0. The van der Waals surface area contributed by atoms with Crippen molar-refractivity contribution < 1.29 is 22.7 Å². The minimum Gasteiger partial charge on any atom is -0.493 e. The van der Waals surface area contributed by atoms with Gasteiger partial charge in [0.1, 0.15) is 0 Å². The summed E-state index contributed by atoms with van der Waals surface area (Å²) in [5, 5.41) is 0.531. The molecule has 0 aromatic heterocycles. The third-order valence-corrected chi connectivity index (χ3v) is 7.66. The third kappa shape index (κ3) is 6.34. The van der Waals surface area contributed by atoms with Crippen LogP contribution < -0.4 is 9.47 Å². The van der Waals surface area contributed by atoms with E-state index < -0.39 is 10.0 Å². The molecule has 1 heterocycles. The SMILES string of the molecule is CCCCCOc1cc(C=C2SC(=NS(=O)(=O)c3ccc(Cl)cc3)N(CC)C2=O)ccc1OC. The van der Waals surface area contributed by atoms with Crippen LogP contribution >= 0.6 is 23.4 Å². The van der Waals surface area contributed by atoms with E-state index in [2.05, 4.69) is 11.3 Å². The van der Waals surface area contributed by atoms with Crippen LogP contribution in [0.25, 0.3) is 6.08 Å². The molecule has 0 aliphatic carbocycles. The number of ether oxygens (including phenoxy) is 2. The molecule has 0 N–H and O–H groups in total. The Bertz CT molecular complexity index is 1190. The molecule has 1 amide bonds. The molecule has 1 saturated heterocycles. The molecule has 0 unspecified atom stereocenters. The highest BCUT2D eigenvalue weighted by molar-refractivity contribution is 8.19. The Labute approximate surface area is 209 Å². The first-order chi connectivity index (χ1) is 16.3. The number of carbonyl (C=O) groups excluding carboxylic acids is 1. The number of hydrogen-bond acceptors (Lipinski definition) is 6. The highest BCUT2D eigenvalue weighted by atomic mass is 35.5. The van der Waals surface area contributed by atoms with Gasteiger partial charge in [-0.1, -0.05) is 37.4 Å². The molecule has 1 aliphatic rings. The van der Waals surface area contributed by atoms with Crippen LogP contribution in [-0.4, -0.2) is 44.7 Å². The average molecular weight is 523 g/mol. The zero-order chi connectivity index (χ0) is 24.7. The number of thioether (sulfide) groups is 1. The van der Waals surface area contributed by atoms with E-state index in [0.717, 1.165) is 36.6 Å². The van der Waals surface area contributed by atoms with Crippen molar-refractivity contribution in [2.75, 3.05) is 20.3 Å². The molecule has 0 spiro atoms. The molecular weight excluding hydrogens is 496 g/mol. The Morgan fingerprint density at radius 2 is 1.82 bits per heavy atom. The van der Waals surface area contributed by atoms with Crippen molar-refractivity contribution in [2.24, 2.45) is 4.40 Å². The Balaban J connectivity index is 1.88. The molecule has 182 valence electrons. The fourth-order valence-corrected chi connectivity index (χ4v) is 5.57. The number of hydrogen-bond donors (Lipinski definition) is 0. The number of benzene rings is 2. The molecule has 0 radical (unpaired) electrons. The first kappa shape index (κ1) is 26.1. The predicted molar refractivity (Wildman–Crippen MR) is 137 cm³/mol. The Morgan fingerprint density at radius 3 is 2.47 bits per heavy atom. The largest absolute Gasteiger partial charge is 0.493 e. The van der Waals surface area contributed by atoms with Crippen molar-refractivity contribution in [3.8, 4) is 11.5 Å². The summed E-state index contributed by atoms with van der Waals surface area (Å²) < 4.78 is 40.7. The highest BCUT2D eigenvalue weighted by Gasteiger charge is 2.34. The van der Waals surface area contributed by atoms with Crippen molar-refractivity contribution in [3.05, 3.63) is 58.0 Å². The minimum atomic E-state index is -4.00. The van der Waals surface area contributed by atoms with E-state index in [1.54, 1.807) is 26.2 Å². The summed E-state index contributed by atoms with van der Waals surface area (Å²) in [7, 11) is -2.43. The number of unbranched alkanes of at least 4 members (excludes halogenated alkanes) is 2. The van der Waals surface area contributed by atoms with Crippen LogP contribution in [0.3, 0.4) is 0 Å². The van der Waals surface area contributed by atoms with Crippen molar-refractivity contribution >= 4 is 50.5 Å². The zero-order valence-electron chi connectivity index (χ0n) is 19.3. The van der Waals surface area contributed by atoms with E-state index in [9.17, 15) is 13.2 Å². The second-order valence-electron chi connectivity index (χ2n) is 7.43. The first-order valence-electron chi connectivity index (χ1n) is 10.9. The summed E-state index contributed by atoms with van der Waals surface area (Å²) in [6.45, 7) is 4.75. The van der Waals surface area contributed by atoms with Gasteiger partial charge in [-0.3, -0.25) is 9.69 Å². The molecule has 0 saturated carbocycles. The van der Waals surface area contributed by atoms with E-state index in [0.29, 0.717) is 28.0 Å². The van der Waals surface area contributed by atoms with Gasteiger partial charge in [0, 0.05) is 11.6 Å². The van der Waals surface area contributed by atoms with Crippen LogP contribution in [0.1, 0.15) is 38.7 Å². The van der Waals surface area contributed by atoms with Crippen LogP contribution in [0.2, 0.25) is 5.02 Å². The third-order valence-electron chi connectivity index (χ3n) is 5.00. The molecule has 1 aliphatic heterocycles. The van der Waals surface area contributed by atoms with Crippen LogP contribution in [0, 0.1) is 0 Å². The molecule has 7 nitrogen and oxygen atoms in total. The molecule has 3 rings (SSSR count). The summed E-state index contributed by atoms with van der Waals surface area (Å²) >= 11 is 6.87. The second kappa shape index (κ2) is 11.8. The molecule has 2 aromatic rings. The van der Waals surface area contributed by atoms with Gasteiger partial charge >= 0.3 is 0 Å². The second-order valence-corrected chi connectivity index (χ2v) is 10.5. The van der Waals surface area contributed by atoms with Crippen LogP contribution in [-0.2, 0) is 14.8 Å². The standard InChI is InChI=1S/C24H27ClN2O5S2/c1-4-6-7-14-32-21-15-17(8-13-20(21)31-3)16-22-23(28)27(5-2)24(33-22)26-34(29,30)19-11-9-18(25)10-12-19/h8-13,15-16H,4-7,14H2,1-3H3. The quantitative estimate of drug-likeness (QED) is 0.298. The zero-order valence-corrected chi connectivity index (χ0v) is 21.7. The van der Waals surface area contributed by atoms with Crippen LogP contribution in [0.15, 0.2) is 56.7 Å². The molecule has 2 aromatic carbocycles. The monoisotopic (exact) mass is 522 g/mol. The molecular formula is C24H27ClN2O5S2. The summed E-state index contributed by atoms with van der Waals surface area (Å²) in [5.74, 6) is 0.893. The lowest BCUT2D eigenvalue weighted by Crippen LogP contribution is -2.29. The number of nitrogens with zero attached hydrogens (tertiary/aromatic N) is 2. The van der Waals surface area contributed by atoms with Gasteiger partial charge in [-0.15, -0.1) is 4.40 Å². The van der Waals surface area contributed by atoms with Crippen LogP contribution in [0.4, 0.5) is 0 Å². The Hall–Kier alpha value is -2.49. The normalized spacial score (nSPS) is 16.5. The number of amidine groups is 1. The molecule has 0 atom stereocenters. The van der Waals surface area contributed by atoms with Gasteiger partial charge < -0.3 is 9.47 Å². The molecule has 1 fully saturated rings. The summed E-state index contributed by atoms with van der Waals surface area (Å²) in [6, 6.07) is 11.1. The summed E-state index contributed by atoms with van der Waals surface area (Å²) in [5.41, 5.74) is 0.736. The molecule has 10 heteroatoms. The van der Waals surface area contributed by atoms with E-state index in [-0.39, 0.29) is 22.5 Å². The smallest absolute Gasteiger partial charge is 0.284 e. The summed E-state index contributed by atoms with van der Waals surface area (Å²) in [4.78, 5) is 14.7. The van der Waals surface area contributed by atoms with Gasteiger partial charge in [-0.2, -0.15) is 8.42 Å². The van der Waals surface area contributed by atoms with E-state index in [4.69, 9.17) is 21.1 Å². The topological polar surface area (TPSA) is 85.3 Å². The van der Waals surface area contributed by atoms with Crippen LogP contribution in [0.5, 0.6) is 11.5 Å². The number of methoxy groups -OCH3 is 1. The average Bonchev–Trinajstić information content (AvgIpc) is 3.10. The number of likely N-dealkylation sites (N-methyl/N-ethyl adjacent to an activating group) is 1. The van der Waals surface area contributed by atoms with E-state index in [1.165, 1.54) is 29.2 Å². The maximum Gasteiger partial charge on any atom is 0.284 e. The van der Waals surface area contributed by atoms with Gasteiger partial charge in [0.2, 0.25) is 0 Å². The minimum absolute atomic E-state index is 0.00551. The Morgan fingerprint density at radius 1 is 1.09 bits per heavy atom. The summed E-state index contributed by atoms with van der Waals surface area (Å²) in [6.07, 6.45) is 4.81. The number of carbonyl (C=O) groups is 1. The molecule has 34 heavy (non-hydrogen) atoms. The van der Waals surface area contributed by atoms with Crippen molar-refractivity contribution in [3.63, 3.8) is 0 Å². The number of rotatable bonds is 10. The fourth-order valence-electron chi connectivity index (χ4n) is 3.20. The predicted octanol–water partition coefficient (Wildman–Crippen LogP) is 5.60. The highest BCUT2D eigenvalue weighted by Crippen LogP contribution is 2.35. The number of sulfonamides is 1. The van der Waals surface area contributed by atoms with Crippen molar-refractivity contribution in [1.82, 2.24) is 4.90 Å². The van der Waals surface area contributed by atoms with E-state index in [1.807, 2.05) is 12.1 Å². The lowest BCUT2D eigenvalue weighted by Gasteiger charge is -2.12. The number of amides is 1. The van der Waals surface area contributed by atoms with Crippen molar-refractivity contribution in [1.29, 1.82) is 0 Å². The van der Waals surface area contributed by atoms with Crippen molar-refractivity contribution in [2.45, 2.75) is 38.0 Å². The molecule has 0 bridgehead atoms. The van der Waals surface area contributed by atoms with Gasteiger partial charge in [-0.25, -0.2) is 0 Å². The number of halogens is 1. The lowest BCUT2D eigenvalue weighted by molar-refractivity contribution is -0.122. The van der Waals surface area contributed by atoms with Gasteiger partial charge in [0.05, 0.1) is 23.5 Å². The first-order valence-corrected chi connectivity index (χ1v) is 13.5. The van der Waals surface area contributed by atoms with Gasteiger partial charge in [0.15, 0.2) is 16.7 Å². The Kier molecular flexibility index (Phi) is 9.04.